The van der Waals surface area contributed by atoms with Crippen LogP contribution in [0.5, 0.6) is 0 Å². The van der Waals surface area contributed by atoms with Crippen molar-refractivity contribution < 1.29 is 9.53 Å². The van der Waals surface area contributed by atoms with Gasteiger partial charge < -0.3 is 4.74 Å². The summed E-state index contributed by atoms with van der Waals surface area (Å²) < 4.78 is 4.93. The average molecular weight is 269 g/mol. The fourth-order valence-electron chi connectivity index (χ4n) is 1.78. The lowest BCUT2D eigenvalue weighted by atomic mass is 10.0. The van der Waals surface area contributed by atoms with E-state index in [2.05, 4.69) is 0 Å². The second kappa shape index (κ2) is 5.61. The number of esters is 1. The van der Waals surface area contributed by atoms with Crippen LogP contribution in [-0.4, -0.2) is 18.3 Å². The molecule has 0 amide bonds. The van der Waals surface area contributed by atoms with Crippen LogP contribution in [0.3, 0.4) is 0 Å². The Morgan fingerprint density at radius 3 is 3.18 bits per heavy atom. The number of ether oxygens (including phenoxy) is 1. The van der Waals surface area contributed by atoms with Crippen LogP contribution < -0.4 is 0 Å². The molecule has 2 rings (SSSR count). The highest BCUT2D eigenvalue weighted by atomic mass is 35.5. The summed E-state index contributed by atoms with van der Waals surface area (Å²) in [7, 11) is 0. The van der Waals surface area contributed by atoms with E-state index in [0.29, 0.717) is 6.61 Å². The van der Waals surface area contributed by atoms with Crippen LogP contribution in [0.4, 0.5) is 0 Å². The number of halogens is 1. The molecule has 1 aromatic rings. The molecule has 1 heterocycles. The van der Waals surface area contributed by atoms with Crippen LogP contribution in [-0.2, 0) is 9.53 Å². The lowest BCUT2D eigenvalue weighted by molar-refractivity contribution is -0.137. The van der Waals surface area contributed by atoms with E-state index >= 15 is 0 Å². The van der Waals surface area contributed by atoms with E-state index in [9.17, 15) is 4.79 Å². The van der Waals surface area contributed by atoms with Gasteiger partial charge in [0.15, 0.2) is 0 Å². The molecule has 17 heavy (non-hydrogen) atoms. The highest BCUT2D eigenvalue weighted by Crippen LogP contribution is 2.40. The quantitative estimate of drug-likeness (QED) is 0.603. The summed E-state index contributed by atoms with van der Waals surface area (Å²) in [5.41, 5.74) is 2.07. The first-order valence-electron chi connectivity index (χ1n) is 5.51. The van der Waals surface area contributed by atoms with Crippen molar-refractivity contribution in [3.05, 3.63) is 34.9 Å². The zero-order valence-corrected chi connectivity index (χ0v) is 11.1. The Morgan fingerprint density at radius 1 is 1.59 bits per heavy atom. The summed E-state index contributed by atoms with van der Waals surface area (Å²) in [4.78, 5) is 12.5. The zero-order valence-electron chi connectivity index (χ0n) is 9.53. The Morgan fingerprint density at radius 2 is 2.41 bits per heavy atom. The van der Waals surface area contributed by atoms with Gasteiger partial charge in [0.05, 0.1) is 11.6 Å². The molecule has 0 fully saturated rings. The maximum atomic E-state index is 11.5. The summed E-state index contributed by atoms with van der Waals surface area (Å²) in [6, 6.07) is 5.78. The third-order valence-electron chi connectivity index (χ3n) is 2.51. The van der Waals surface area contributed by atoms with Crippen molar-refractivity contribution in [3.63, 3.8) is 0 Å². The van der Waals surface area contributed by atoms with Gasteiger partial charge in [-0.1, -0.05) is 23.7 Å². The first-order chi connectivity index (χ1) is 8.22. The van der Waals surface area contributed by atoms with Crippen LogP contribution in [0.15, 0.2) is 29.2 Å². The van der Waals surface area contributed by atoms with Crippen molar-refractivity contribution in [2.45, 2.75) is 18.2 Å². The van der Waals surface area contributed by atoms with Gasteiger partial charge in [-0.3, -0.25) is 0 Å². The highest BCUT2D eigenvalue weighted by molar-refractivity contribution is 7.99. The fraction of sp³-hybridized carbons (Fsp3) is 0.308. The summed E-state index contributed by atoms with van der Waals surface area (Å²) in [5, 5.41) is 0.752. The van der Waals surface area contributed by atoms with Crippen molar-refractivity contribution in [2.75, 3.05) is 12.4 Å². The maximum Gasteiger partial charge on any atom is 0.331 e. The zero-order chi connectivity index (χ0) is 12.3. The second-order valence-electron chi connectivity index (χ2n) is 3.64. The first kappa shape index (κ1) is 12.5. The molecule has 1 aliphatic heterocycles. The molecule has 0 spiro atoms. The molecular weight excluding hydrogens is 256 g/mol. The number of allylic oxidation sites excluding steroid dienone is 1. The topological polar surface area (TPSA) is 26.3 Å². The molecule has 1 aromatic carbocycles. The van der Waals surface area contributed by atoms with Gasteiger partial charge >= 0.3 is 5.97 Å². The number of hydrogen-bond acceptors (Lipinski definition) is 3. The van der Waals surface area contributed by atoms with Gasteiger partial charge in [-0.25, -0.2) is 4.79 Å². The number of carbonyl (C=O) groups is 1. The number of hydrogen-bond donors (Lipinski definition) is 0. The second-order valence-corrected chi connectivity index (χ2v) is 5.15. The van der Waals surface area contributed by atoms with Gasteiger partial charge in [0.25, 0.3) is 0 Å². The molecule has 0 saturated heterocycles. The Hall–Kier alpha value is -0.930. The molecule has 1 aliphatic rings. The van der Waals surface area contributed by atoms with Crippen LogP contribution in [0.25, 0.3) is 5.57 Å². The van der Waals surface area contributed by atoms with Crippen molar-refractivity contribution in [1.29, 1.82) is 0 Å². The van der Waals surface area contributed by atoms with Gasteiger partial charge in [0.2, 0.25) is 0 Å². The van der Waals surface area contributed by atoms with Crippen LogP contribution in [0, 0.1) is 0 Å². The van der Waals surface area contributed by atoms with E-state index in [1.165, 1.54) is 0 Å². The molecule has 2 nitrogen and oxygen atoms in total. The van der Waals surface area contributed by atoms with Crippen molar-refractivity contribution in [2.24, 2.45) is 0 Å². The average Bonchev–Trinajstić information content (AvgIpc) is 2.31. The van der Waals surface area contributed by atoms with Crippen LogP contribution in [0.1, 0.15) is 18.9 Å². The van der Waals surface area contributed by atoms with Gasteiger partial charge in [0, 0.05) is 16.7 Å². The van der Waals surface area contributed by atoms with Crippen molar-refractivity contribution in [1.82, 2.24) is 0 Å². The molecule has 0 saturated carbocycles. The molecule has 0 N–H and O–H groups in total. The molecule has 0 radical (unpaired) electrons. The van der Waals surface area contributed by atoms with Gasteiger partial charge in [0.1, 0.15) is 0 Å². The smallest absolute Gasteiger partial charge is 0.331 e. The molecule has 4 heteroatoms. The third-order valence-corrected chi connectivity index (χ3v) is 4.07. The van der Waals surface area contributed by atoms with E-state index in [-0.39, 0.29) is 5.97 Å². The Balaban J connectivity index is 2.35. The Bertz CT molecular complexity index is 468. The van der Waals surface area contributed by atoms with E-state index in [1.54, 1.807) is 24.8 Å². The number of thioether (sulfide) groups is 1. The molecule has 0 aliphatic carbocycles. The van der Waals surface area contributed by atoms with Crippen molar-refractivity contribution in [3.8, 4) is 0 Å². The van der Waals surface area contributed by atoms with E-state index in [1.807, 2.05) is 18.2 Å². The SMILES string of the molecule is CCOC(=O)/C=C1\CCSc2c(Cl)cccc21. The molecule has 0 unspecified atom stereocenters. The number of benzene rings is 1. The molecule has 0 bridgehead atoms. The summed E-state index contributed by atoms with van der Waals surface area (Å²) >= 11 is 7.88. The standard InChI is InChI=1S/C13H13ClO2S/c1-2-16-12(15)8-9-6-7-17-13-10(9)4-3-5-11(13)14/h3-5,8H,2,6-7H2,1H3/b9-8+. The van der Waals surface area contributed by atoms with Gasteiger partial charge in [-0.05, 0) is 30.5 Å². The van der Waals surface area contributed by atoms with Gasteiger partial charge in [-0.15, -0.1) is 11.8 Å². The predicted octanol–water partition coefficient (Wildman–Crippen LogP) is 3.78. The molecular formula is C13H13ClO2S. The van der Waals surface area contributed by atoms with Crippen LogP contribution in [0.2, 0.25) is 5.02 Å². The van der Waals surface area contributed by atoms with Gasteiger partial charge in [-0.2, -0.15) is 0 Å². The summed E-state index contributed by atoms with van der Waals surface area (Å²) in [6.45, 7) is 2.21. The number of rotatable bonds is 2. The Labute approximate surface area is 110 Å². The van der Waals surface area contributed by atoms with E-state index < -0.39 is 0 Å². The summed E-state index contributed by atoms with van der Waals surface area (Å²) in [5.74, 6) is 0.669. The largest absolute Gasteiger partial charge is 0.463 e. The predicted molar refractivity (Wildman–Crippen MR) is 71.4 cm³/mol. The minimum Gasteiger partial charge on any atom is -0.463 e. The first-order valence-corrected chi connectivity index (χ1v) is 6.87. The minimum absolute atomic E-state index is 0.277. The highest BCUT2D eigenvalue weighted by Gasteiger charge is 2.17. The molecule has 90 valence electrons. The number of fused-ring (bicyclic) bond motifs is 1. The molecule has 0 atom stereocenters. The van der Waals surface area contributed by atoms with E-state index in [0.717, 1.165) is 33.2 Å². The number of carbonyl (C=O) groups excluding carboxylic acids is 1. The molecule has 0 aromatic heterocycles. The van der Waals surface area contributed by atoms with Crippen LogP contribution >= 0.6 is 23.4 Å². The normalized spacial score (nSPS) is 16.7. The minimum atomic E-state index is -0.277. The lowest BCUT2D eigenvalue weighted by Gasteiger charge is -2.19. The maximum absolute atomic E-state index is 11.5. The fourth-order valence-corrected chi connectivity index (χ4v) is 3.21. The van der Waals surface area contributed by atoms with E-state index in [4.69, 9.17) is 16.3 Å². The lowest BCUT2D eigenvalue weighted by Crippen LogP contribution is -2.04. The Kier molecular flexibility index (Phi) is 4.13. The third kappa shape index (κ3) is 2.85. The summed E-state index contributed by atoms with van der Waals surface area (Å²) in [6.07, 6.45) is 2.45. The van der Waals surface area contributed by atoms with Crippen molar-refractivity contribution >= 4 is 34.9 Å². The monoisotopic (exact) mass is 268 g/mol.